The van der Waals surface area contributed by atoms with E-state index in [1.165, 1.54) is 31.9 Å². The standard InChI is InChI=1S/C24H31N3O7/c1-31-14-15-34-23-17-21(27(29)30)20(16-22(23)33-3)24(28)26-12-10-25(11-13-26)9-8-18-4-6-19(32-2)7-5-18/h4-7,16-17H,8-15H2,1-3H3. The molecule has 34 heavy (non-hydrogen) atoms. The molecule has 0 saturated carbocycles. The molecule has 0 aliphatic carbocycles. The number of piperazine rings is 1. The van der Waals surface area contributed by atoms with Crippen LogP contribution in [0.3, 0.4) is 0 Å². The zero-order valence-corrected chi connectivity index (χ0v) is 19.8. The molecule has 0 spiro atoms. The number of amides is 1. The van der Waals surface area contributed by atoms with Crippen LogP contribution < -0.4 is 14.2 Å². The van der Waals surface area contributed by atoms with E-state index < -0.39 is 4.92 Å². The Morgan fingerprint density at radius 3 is 2.26 bits per heavy atom. The number of hydrogen-bond donors (Lipinski definition) is 0. The highest BCUT2D eigenvalue weighted by atomic mass is 16.6. The van der Waals surface area contributed by atoms with Crippen LogP contribution in [0.1, 0.15) is 15.9 Å². The fourth-order valence-electron chi connectivity index (χ4n) is 3.80. The quantitative estimate of drug-likeness (QED) is 0.279. The minimum atomic E-state index is -0.568. The lowest BCUT2D eigenvalue weighted by atomic mass is 10.1. The summed E-state index contributed by atoms with van der Waals surface area (Å²) >= 11 is 0. The molecule has 1 aliphatic heterocycles. The first-order valence-corrected chi connectivity index (χ1v) is 11.1. The van der Waals surface area contributed by atoms with E-state index in [9.17, 15) is 14.9 Å². The lowest BCUT2D eigenvalue weighted by molar-refractivity contribution is -0.385. The highest BCUT2D eigenvalue weighted by Crippen LogP contribution is 2.35. The van der Waals surface area contributed by atoms with Gasteiger partial charge in [0.05, 0.1) is 31.8 Å². The molecule has 184 valence electrons. The molecule has 0 N–H and O–H groups in total. The molecular weight excluding hydrogens is 442 g/mol. The predicted molar refractivity (Wildman–Crippen MR) is 126 cm³/mol. The van der Waals surface area contributed by atoms with Crippen molar-refractivity contribution in [1.82, 2.24) is 9.80 Å². The van der Waals surface area contributed by atoms with Gasteiger partial charge in [0.2, 0.25) is 0 Å². The number of carbonyl (C=O) groups is 1. The van der Waals surface area contributed by atoms with Gasteiger partial charge in [-0.3, -0.25) is 19.8 Å². The fourth-order valence-corrected chi connectivity index (χ4v) is 3.80. The number of nitrogens with zero attached hydrogens (tertiary/aromatic N) is 3. The first kappa shape index (κ1) is 25.3. The maximum atomic E-state index is 13.2. The van der Waals surface area contributed by atoms with Crippen LogP contribution in [0.25, 0.3) is 0 Å². The maximum absolute atomic E-state index is 13.2. The maximum Gasteiger partial charge on any atom is 0.286 e. The summed E-state index contributed by atoms with van der Waals surface area (Å²) in [6.07, 6.45) is 0.894. The summed E-state index contributed by atoms with van der Waals surface area (Å²) in [4.78, 5) is 28.3. The van der Waals surface area contributed by atoms with Crippen molar-refractivity contribution in [3.05, 3.63) is 57.6 Å². The number of benzene rings is 2. The van der Waals surface area contributed by atoms with Crippen LogP contribution >= 0.6 is 0 Å². The molecule has 1 amide bonds. The Bertz CT molecular complexity index is 973. The van der Waals surface area contributed by atoms with Crippen molar-refractivity contribution in [2.75, 3.05) is 67.3 Å². The number of carbonyl (C=O) groups excluding carboxylic acids is 1. The number of nitro benzene ring substituents is 1. The van der Waals surface area contributed by atoms with Crippen molar-refractivity contribution < 1.29 is 28.7 Å². The van der Waals surface area contributed by atoms with Gasteiger partial charge in [-0.05, 0) is 24.1 Å². The van der Waals surface area contributed by atoms with Gasteiger partial charge in [0.15, 0.2) is 11.5 Å². The molecule has 1 aliphatic rings. The second kappa shape index (κ2) is 12.2. The molecule has 0 atom stereocenters. The highest BCUT2D eigenvalue weighted by molar-refractivity contribution is 5.99. The lowest BCUT2D eigenvalue weighted by Gasteiger charge is -2.34. The van der Waals surface area contributed by atoms with E-state index in [4.69, 9.17) is 18.9 Å². The van der Waals surface area contributed by atoms with Gasteiger partial charge in [0, 0.05) is 45.9 Å². The Labute approximate surface area is 199 Å². The molecule has 0 radical (unpaired) electrons. The average Bonchev–Trinajstić information content (AvgIpc) is 2.87. The molecule has 2 aromatic carbocycles. The largest absolute Gasteiger partial charge is 0.497 e. The minimum absolute atomic E-state index is 0.00683. The van der Waals surface area contributed by atoms with Crippen molar-refractivity contribution in [2.45, 2.75) is 6.42 Å². The summed E-state index contributed by atoms with van der Waals surface area (Å²) in [6.45, 7) is 3.78. The molecule has 0 aromatic heterocycles. The van der Waals surface area contributed by atoms with Crippen molar-refractivity contribution >= 4 is 11.6 Å². The third-order valence-electron chi connectivity index (χ3n) is 5.79. The predicted octanol–water partition coefficient (Wildman–Crippen LogP) is 2.64. The highest BCUT2D eigenvalue weighted by Gasteiger charge is 2.30. The molecule has 0 bridgehead atoms. The normalized spacial score (nSPS) is 14.0. The van der Waals surface area contributed by atoms with E-state index in [1.54, 1.807) is 12.0 Å². The molecule has 1 heterocycles. The molecule has 10 nitrogen and oxygen atoms in total. The van der Waals surface area contributed by atoms with E-state index in [-0.39, 0.29) is 35.3 Å². The van der Waals surface area contributed by atoms with Gasteiger partial charge < -0.3 is 23.8 Å². The van der Waals surface area contributed by atoms with Crippen LogP contribution in [0.15, 0.2) is 36.4 Å². The summed E-state index contributed by atoms with van der Waals surface area (Å²) in [7, 11) is 4.61. The number of nitro groups is 1. The zero-order chi connectivity index (χ0) is 24.5. The molecule has 2 aromatic rings. The van der Waals surface area contributed by atoms with Gasteiger partial charge in [-0.15, -0.1) is 0 Å². The number of hydrogen-bond acceptors (Lipinski definition) is 8. The van der Waals surface area contributed by atoms with Gasteiger partial charge in [-0.1, -0.05) is 12.1 Å². The van der Waals surface area contributed by atoms with E-state index in [0.717, 1.165) is 18.7 Å². The minimum Gasteiger partial charge on any atom is -0.497 e. The van der Waals surface area contributed by atoms with Crippen LogP contribution in [0, 0.1) is 10.1 Å². The van der Waals surface area contributed by atoms with Crippen molar-refractivity contribution in [2.24, 2.45) is 0 Å². The third-order valence-corrected chi connectivity index (χ3v) is 5.79. The van der Waals surface area contributed by atoms with E-state index in [0.29, 0.717) is 32.8 Å². The second-order valence-electron chi connectivity index (χ2n) is 7.85. The summed E-state index contributed by atoms with van der Waals surface area (Å²) in [5.74, 6) is 0.911. The Kier molecular flexibility index (Phi) is 9.06. The van der Waals surface area contributed by atoms with E-state index in [2.05, 4.69) is 4.90 Å². The smallest absolute Gasteiger partial charge is 0.286 e. The Morgan fingerprint density at radius 1 is 0.971 bits per heavy atom. The van der Waals surface area contributed by atoms with E-state index >= 15 is 0 Å². The summed E-state index contributed by atoms with van der Waals surface area (Å²) in [5.41, 5.74) is 0.905. The van der Waals surface area contributed by atoms with Gasteiger partial charge in [-0.25, -0.2) is 0 Å². The van der Waals surface area contributed by atoms with Gasteiger partial charge >= 0.3 is 0 Å². The zero-order valence-electron chi connectivity index (χ0n) is 19.8. The SMILES string of the molecule is COCCOc1cc([N+](=O)[O-])c(C(=O)N2CCN(CCc3ccc(OC)cc3)CC2)cc1OC. The van der Waals surface area contributed by atoms with Crippen LogP contribution in [-0.4, -0.2) is 87.9 Å². The second-order valence-corrected chi connectivity index (χ2v) is 7.85. The van der Waals surface area contributed by atoms with Crippen LogP contribution in [0.4, 0.5) is 5.69 Å². The van der Waals surface area contributed by atoms with E-state index in [1.807, 2.05) is 24.3 Å². The summed E-state index contributed by atoms with van der Waals surface area (Å²) in [6, 6.07) is 10.6. The summed E-state index contributed by atoms with van der Waals surface area (Å²) in [5, 5.41) is 11.7. The molecule has 0 unspecified atom stereocenters. The van der Waals surface area contributed by atoms with Crippen LogP contribution in [0.2, 0.25) is 0 Å². The number of rotatable bonds is 11. The Morgan fingerprint density at radius 2 is 1.68 bits per heavy atom. The molecular formula is C24H31N3O7. The third kappa shape index (κ3) is 6.36. The first-order chi connectivity index (χ1) is 16.5. The Hall–Kier alpha value is -3.37. The summed E-state index contributed by atoms with van der Waals surface area (Å²) < 4.78 is 21.0. The average molecular weight is 474 g/mol. The van der Waals surface area contributed by atoms with Crippen LogP contribution in [-0.2, 0) is 11.2 Å². The van der Waals surface area contributed by atoms with Crippen molar-refractivity contribution in [3.63, 3.8) is 0 Å². The monoisotopic (exact) mass is 473 g/mol. The fraction of sp³-hybridized carbons (Fsp3) is 0.458. The molecule has 1 fully saturated rings. The van der Waals surface area contributed by atoms with Crippen molar-refractivity contribution in [1.29, 1.82) is 0 Å². The molecule has 1 saturated heterocycles. The topological polar surface area (TPSA) is 104 Å². The lowest BCUT2D eigenvalue weighted by Crippen LogP contribution is -2.49. The van der Waals surface area contributed by atoms with Gasteiger partial charge in [0.1, 0.15) is 17.9 Å². The molecule has 10 heteroatoms. The first-order valence-electron chi connectivity index (χ1n) is 11.1. The van der Waals surface area contributed by atoms with Crippen LogP contribution in [0.5, 0.6) is 17.2 Å². The number of methoxy groups -OCH3 is 3. The van der Waals surface area contributed by atoms with Crippen molar-refractivity contribution in [3.8, 4) is 17.2 Å². The molecule has 3 rings (SSSR count). The Balaban J connectivity index is 1.63. The van der Waals surface area contributed by atoms with Gasteiger partial charge in [-0.2, -0.15) is 0 Å². The van der Waals surface area contributed by atoms with Gasteiger partial charge in [0.25, 0.3) is 11.6 Å². The number of ether oxygens (including phenoxy) is 4.